The van der Waals surface area contributed by atoms with E-state index in [1.165, 1.54) is 95.5 Å². The van der Waals surface area contributed by atoms with Crippen molar-refractivity contribution in [2.75, 3.05) is 0 Å². The van der Waals surface area contributed by atoms with E-state index in [0.717, 1.165) is 19.3 Å². The largest absolute Gasteiger partial charge is 0.386 e. The fraction of sp³-hybridized carbons (Fsp3) is 0.704. The standard InChI is InChI=1S/C27H45N3O/c1-2-3-4-5-6-7-8-9-10-11-12-13-14-15-16-23-17-19-24(20-18-23)25(31)30-27(21-22-27)26(28)29/h17-20H,2-16,21-22H2,1H3,(H3,28,29)(H,30,31). The fourth-order valence-corrected chi connectivity index (χ4v) is 4.22. The average molecular weight is 428 g/mol. The van der Waals surface area contributed by atoms with Gasteiger partial charge in [0.1, 0.15) is 5.84 Å². The van der Waals surface area contributed by atoms with E-state index in [2.05, 4.69) is 24.4 Å². The highest BCUT2D eigenvalue weighted by molar-refractivity contribution is 6.01. The second-order valence-corrected chi connectivity index (χ2v) is 9.49. The van der Waals surface area contributed by atoms with Gasteiger partial charge in [0.2, 0.25) is 0 Å². The molecule has 1 aromatic carbocycles. The van der Waals surface area contributed by atoms with Gasteiger partial charge < -0.3 is 11.1 Å². The van der Waals surface area contributed by atoms with E-state index < -0.39 is 5.54 Å². The molecule has 0 radical (unpaired) electrons. The lowest BCUT2D eigenvalue weighted by atomic mass is 10.0. The monoisotopic (exact) mass is 427 g/mol. The molecule has 0 bridgehead atoms. The number of aryl methyl sites for hydroxylation is 1. The molecule has 0 spiro atoms. The van der Waals surface area contributed by atoms with Crippen LogP contribution in [0.15, 0.2) is 24.3 Å². The highest BCUT2D eigenvalue weighted by Gasteiger charge is 2.47. The van der Waals surface area contributed by atoms with Gasteiger partial charge >= 0.3 is 0 Å². The molecule has 1 aliphatic carbocycles. The van der Waals surface area contributed by atoms with Gasteiger partial charge in [-0.1, -0.05) is 103 Å². The van der Waals surface area contributed by atoms with Crippen LogP contribution in [0.1, 0.15) is 126 Å². The molecule has 0 heterocycles. The Hall–Kier alpha value is -1.84. The summed E-state index contributed by atoms with van der Waals surface area (Å²) >= 11 is 0. The molecule has 174 valence electrons. The summed E-state index contributed by atoms with van der Waals surface area (Å²) in [6.45, 7) is 2.28. The van der Waals surface area contributed by atoms with Gasteiger partial charge in [-0.3, -0.25) is 10.2 Å². The number of carbonyl (C=O) groups is 1. The van der Waals surface area contributed by atoms with Crippen molar-refractivity contribution in [3.8, 4) is 0 Å². The Morgan fingerprint density at radius 3 is 1.71 bits per heavy atom. The van der Waals surface area contributed by atoms with Crippen molar-refractivity contribution in [3.05, 3.63) is 35.4 Å². The number of amidine groups is 1. The summed E-state index contributed by atoms with van der Waals surface area (Å²) in [5.41, 5.74) is 6.96. The number of hydrogen-bond acceptors (Lipinski definition) is 2. The van der Waals surface area contributed by atoms with Gasteiger partial charge in [0.05, 0.1) is 5.54 Å². The Labute approximate surface area is 190 Å². The van der Waals surface area contributed by atoms with Crippen LogP contribution in [0, 0.1) is 5.41 Å². The maximum Gasteiger partial charge on any atom is 0.252 e. The van der Waals surface area contributed by atoms with Gasteiger partial charge in [-0.2, -0.15) is 0 Å². The number of benzene rings is 1. The third-order valence-corrected chi connectivity index (χ3v) is 6.65. The van der Waals surface area contributed by atoms with Crippen LogP contribution >= 0.6 is 0 Å². The normalized spacial score (nSPS) is 14.4. The molecule has 4 nitrogen and oxygen atoms in total. The fourth-order valence-electron chi connectivity index (χ4n) is 4.22. The minimum absolute atomic E-state index is 0.0651. The lowest BCUT2D eigenvalue weighted by Gasteiger charge is -2.15. The third-order valence-electron chi connectivity index (χ3n) is 6.65. The maximum atomic E-state index is 12.3. The summed E-state index contributed by atoms with van der Waals surface area (Å²) in [6, 6.07) is 7.91. The van der Waals surface area contributed by atoms with Crippen LogP contribution in [0.2, 0.25) is 0 Å². The van der Waals surface area contributed by atoms with Crippen LogP contribution in [-0.4, -0.2) is 17.3 Å². The van der Waals surface area contributed by atoms with Crippen molar-refractivity contribution in [1.82, 2.24) is 5.32 Å². The van der Waals surface area contributed by atoms with Crippen molar-refractivity contribution < 1.29 is 4.79 Å². The molecule has 1 aliphatic rings. The Bertz CT molecular complexity index is 649. The molecule has 0 saturated heterocycles. The van der Waals surface area contributed by atoms with Crippen LogP contribution in [0.5, 0.6) is 0 Å². The Balaban J connectivity index is 1.45. The van der Waals surface area contributed by atoms with Crippen molar-refractivity contribution in [1.29, 1.82) is 5.41 Å². The first kappa shape index (κ1) is 25.4. The summed E-state index contributed by atoms with van der Waals surface area (Å²) in [7, 11) is 0. The zero-order valence-electron chi connectivity index (χ0n) is 19.8. The maximum absolute atomic E-state index is 12.3. The molecular weight excluding hydrogens is 382 g/mol. The van der Waals surface area contributed by atoms with Gasteiger partial charge in [0, 0.05) is 5.56 Å². The third kappa shape index (κ3) is 9.88. The van der Waals surface area contributed by atoms with Gasteiger partial charge in [-0.05, 0) is 43.4 Å². The van der Waals surface area contributed by atoms with Gasteiger partial charge in [0.15, 0.2) is 0 Å². The molecule has 4 N–H and O–H groups in total. The minimum Gasteiger partial charge on any atom is -0.386 e. The molecule has 1 saturated carbocycles. The number of nitrogens with two attached hydrogens (primary N) is 1. The van der Waals surface area contributed by atoms with Gasteiger partial charge in [-0.25, -0.2) is 0 Å². The SMILES string of the molecule is CCCCCCCCCCCCCCCCc1ccc(C(=O)NC2(C(=N)N)CC2)cc1. The molecule has 31 heavy (non-hydrogen) atoms. The second kappa shape index (κ2) is 14.3. The quantitative estimate of drug-likeness (QED) is 0.135. The van der Waals surface area contributed by atoms with Crippen LogP contribution in [0.4, 0.5) is 0 Å². The Kier molecular flexibility index (Phi) is 11.7. The zero-order valence-corrected chi connectivity index (χ0v) is 19.8. The lowest BCUT2D eigenvalue weighted by Crippen LogP contribution is -2.46. The van der Waals surface area contributed by atoms with E-state index in [-0.39, 0.29) is 11.7 Å². The van der Waals surface area contributed by atoms with Crippen molar-refractivity contribution in [2.45, 2.75) is 122 Å². The summed E-state index contributed by atoms with van der Waals surface area (Å²) in [6.07, 6.45) is 22.0. The van der Waals surface area contributed by atoms with Crippen LogP contribution in [-0.2, 0) is 6.42 Å². The lowest BCUT2D eigenvalue weighted by molar-refractivity contribution is 0.0943. The van der Waals surface area contributed by atoms with Crippen molar-refractivity contribution in [2.24, 2.45) is 5.73 Å². The van der Waals surface area contributed by atoms with E-state index in [9.17, 15) is 4.79 Å². The number of unbranched alkanes of at least 4 members (excludes halogenated alkanes) is 13. The van der Waals surface area contributed by atoms with Crippen LogP contribution in [0.3, 0.4) is 0 Å². The molecule has 1 aromatic rings. The van der Waals surface area contributed by atoms with Gasteiger partial charge in [0.25, 0.3) is 5.91 Å². The predicted molar refractivity (Wildman–Crippen MR) is 132 cm³/mol. The molecule has 0 aliphatic heterocycles. The topological polar surface area (TPSA) is 79.0 Å². The predicted octanol–water partition coefficient (Wildman–Crippen LogP) is 6.91. The van der Waals surface area contributed by atoms with E-state index in [1.807, 2.05) is 12.1 Å². The number of hydrogen-bond donors (Lipinski definition) is 3. The molecule has 0 unspecified atom stereocenters. The Morgan fingerprint density at radius 2 is 1.29 bits per heavy atom. The molecule has 4 heteroatoms. The zero-order chi connectivity index (χ0) is 22.4. The van der Waals surface area contributed by atoms with E-state index >= 15 is 0 Å². The van der Waals surface area contributed by atoms with Gasteiger partial charge in [-0.15, -0.1) is 0 Å². The minimum atomic E-state index is -0.579. The van der Waals surface area contributed by atoms with Crippen molar-refractivity contribution >= 4 is 11.7 Å². The molecule has 2 rings (SSSR count). The highest BCUT2D eigenvalue weighted by atomic mass is 16.1. The molecular formula is C27H45N3O. The summed E-state index contributed by atoms with van der Waals surface area (Å²) in [5, 5.41) is 10.5. The second-order valence-electron chi connectivity index (χ2n) is 9.49. The highest BCUT2D eigenvalue weighted by Crippen LogP contribution is 2.35. The Morgan fingerprint density at radius 1 is 0.839 bits per heavy atom. The molecule has 0 aromatic heterocycles. The van der Waals surface area contributed by atoms with Crippen LogP contribution < -0.4 is 11.1 Å². The number of amides is 1. The van der Waals surface area contributed by atoms with E-state index in [4.69, 9.17) is 11.1 Å². The molecule has 1 fully saturated rings. The smallest absolute Gasteiger partial charge is 0.252 e. The first-order valence-electron chi connectivity index (χ1n) is 12.8. The summed E-state index contributed by atoms with van der Waals surface area (Å²) in [4.78, 5) is 12.3. The molecule has 1 amide bonds. The number of nitrogens with one attached hydrogen (secondary N) is 2. The van der Waals surface area contributed by atoms with E-state index in [1.54, 1.807) is 0 Å². The van der Waals surface area contributed by atoms with Crippen LogP contribution in [0.25, 0.3) is 0 Å². The summed E-state index contributed by atoms with van der Waals surface area (Å²) in [5.74, 6) is -0.0639. The number of carbonyl (C=O) groups excluding carboxylic acids is 1. The van der Waals surface area contributed by atoms with Crippen molar-refractivity contribution in [3.63, 3.8) is 0 Å². The first-order valence-corrected chi connectivity index (χ1v) is 12.8. The average Bonchev–Trinajstić information content (AvgIpc) is 3.55. The number of rotatable bonds is 18. The first-order chi connectivity index (χ1) is 15.1. The summed E-state index contributed by atoms with van der Waals surface area (Å²) < 4.78 is 0. The van der Waals surface area contributed by atoms with E-state index in [0.29, 0.717) is 5.56 Å². The molecule has 0 atom stereocenters.